The van der Waals surface area contributed by atoms with Crippen molar-refractivity contribution in [3.05, 3.63) is 31.4 Å². The van der Waals surface area contributed by atoms with Gasteiger partial charge in [-0.1, -0.05) is 0 Å². The molecule has 1 rings (SSSR count). The van der Waals surface area contributed by atoms with Gasteiger partial charge in [0.05, 0.1) is 8.49 Å². The number of nitrogens with two attached hydrogens (primary N) is 1. The maximum absolute atomic E-state index is 11.0. The minimum absolute atomic E-state index is 0.0205. The summed E-state index contributed by atoms with van der Waals surface area (Å²) < 4.78 is 0.373. The largest absolute Gasteiger partial charge is 0.393 e. The summed E-state index contributed by atoms with van der Waals surface area (Å²) in [5.74, 6) is -0.162. The number of nitro groups is 1. The maximum atomic E-state index is 11.0. The first-order valence-electron chi connectivity index (χ1n) is 3.68. The van der Waals surface area contributed by atoms with Crippen molar-refractivity contribution in [1.82, 2.24) is 0 Å². The number of nitrogens with zero attached hydrogens (tertiary/aromatic N) is 1. The molecule has 0 atom stereocenters. The van der Waals surface area contributed by atoms with Crippen LogP contribution in [0.1, 0.15) is 17.3 Å². The van der Waals surface area contributed by atoms with Crippen molar-refractivity contribution < 1.29 is 9.72 Å². The van der Waals surface area contributed by atoms with Crippen molar-refractivity contribution >= 4 is 39.7 Å². The number of ketones is 1. The minimum atomic E-state index is -0.555. The first-order valence-corrected chi connectivity index (χ1v) is 4.75. The van der Waals surface area contributed by atoms with Gasteiger partial charge in [-0.25, -0.2) is 0 Å². The standard InChI is InChI=1S/C8H7IN2O3/c1-4(12)5-2-6(9)8(11(13)14)7(10)3-5/h2-3H,10H2,1H3. The molecule has 6 heteroatoms. The van der Waals surface area contributed by atoms with Crippen LogP contribution in [0.2, 0.25) is 0 Å². The summed E-state index contributed by atoms with van der Waals surface area (Å²) in [5.41, 5.74) is 5.73. The van der Waals surface area contributed by atoms with Gasteiger partial charge in [0, 0.05) is 5.56 Å². The molecule has 14 heavy (non-hydrogen) atoms. The highest BCUT2D eigenvalue weighted by molar-refractivity contribution is 14.1. The molecular weight excluding hydrogens is 299 g/mol. The molecular formula is C8H7IN2O3. The zero-order valence-corrected chi connectivity index (χ0v) is 9.44. The molecule has 1 aromatic rings. The number of carbonyl (C=O) groups is 1. The Morgan fingerprint density at radius 1 is 1.57 bits per heavy atom. The number of rotatable bonds is 2. The Kier molecular flexibility index (Phi) is 3.04. The van der Waals surface area contributed by atoms with E-state index in [2.05, 4.69) is 0 Å². The third-order valence-corrected chi connectivity index (χ3v) is 2.50. The van der Waals surface area contributed by atoms with Crippen LogP contribution in [-0.4, -0.2) is 10.7 Å². The molecule has 74 valence electrons. The number of benzene rings is 1. The van der Waals surface area contributed by atoms with Gasteiger partial charge in [0.2, 0.25) is 0 Å². The molecule has 0 aliphatic carbocycles. The van der Waals surface area contributed by atoms with E-state index in [0.717, 1.165) is 0 Å². The van der Waals surface area contributed by atoms with Gasteiger partial charge >= 0.3 is 5.69 Å². The summed E-state index contributed by atoms with van der Waals surface area (Å²) in [6, 6.07) is 2.78. The van der Waals surface area contributed by atoms with Crippen molar-refractivity contribution in [2.24, 2.45) is 0 Å². The molecule has 0 amide bonds. The molecule has 0 aromatic heterocycles. The zero-order chi connectivity index (χ0) is 10.9. The Morgan fingerprint density at radius 2 is 2.14 bits per heavy atom. The number of nitro benzene ring substituents is 1. The number of halogens is 1. The Hall–Kier alpha value is -1.18. The molecule has 0 unspecified atom stereocenters. The second-order valence-corrected chi connectivity index (χ2v) is 3.87. The van der Waals surface area contributed by atoms with Gasteiger partial charge in [-0.05, 0) is 41.6 Å². The van der Waals surface area contributed by atoms with Gasteiger partial charge in [0.15, 0.2) is 5.78 Å². The van der Waals surface area contributed by atoms with E-state index in [0.29, 0.717) is 9.13 Å². The third kappa shape index (κ3) is 2.00. The van der Waals surface area contributed by atoms with Gasteiger partial charge in [-0.3, -0.25) is 14.9 Å². The lowest BCUT2D eigenvalue weighted by Gasteiger charge is -2.02. The summed E-state index contributed by atoms with van der Waals surface area (Å²) in [7, 11) is 0. The molecule has 0 spiro atoms. The van der Waals surface area contributed by atoms with Gasteiger partial charge in [0.1, 0.15) is 5.69 Å². The fourth-order valence-corrected chi connectivity index (χ4v) is 1.86. The van der Waals surface area contributed by atoms with E-state index >= 15 is 0 Å². The Bertz CT molecular complexity index is 394. The van der Waals surface area contributed by atoms with E-state index in [4.69, 9.17) is 5.73 Å². The zero-order valence-electron chi connectivity index (χ0n) is 7.28. The van der Waals surface area contributed by atoms with E-state index in [1.54, 1.807) is 22.6 Å². The van der Waals surface area contributed by atoms with E-state index in [9.17, 15) is 14.9 Å². The number of hydrogen-bond acceptors (Lipinski definition) is 4. The normalized spacial score (nSPS) is 9.86. The van der Waals surface area contributed by atoms with Gasteiger partial charge < -0.3 is 5.73 Å². The number of anilines is 1. The third-order valence-electron chi connectivity index (χ3n) is 1.68. The average molecular weight is 306 g/mol. The summed E-state index contributed by atoms with van der Waals surface area (Å²) in [6.45, 7) is 1.39. The van der Waals surface area contributed by atoms with Gasteiger partial charge in [-0.15, -0.1) is 0 Å². The SMILES string of the molecule is CC(=O)c1cc(N)c([N+](=O)[O-])c(I)c1. The second kappa shape index (κ2) is 3.91. The van der Waals surface area contributed by atoms with Crippen molar-refractivity contribution in [3.8, 4) is 0 Å². The lowest BCUT2D eigenvalue weighted by Crippen LogP contribution is -2.02. The number of carbonyl (C=O) groups excluding carboxylic acids is 1. The van der Waals surface area contributed by atoms with Crippen molar-refractivity contribution in [2.75, 3.05) is 5.73 Å². The molecule has 0 saturated heterocycles. The average Bonchev–Trinajstić information content (AvgIpc) is 2.01. The fourth-order valence-electron chi connectivity index (χ4n) is 1.02. The van der Waals surface area contributed by atoms with E-state index < -0.39 is 4.92 Å². The van der Waals surface area contributed by atoms with E-state index in [1.807, 2.05) is 0 Å². The van der Waals surface area contributed by atoms with Crippen molar-refractivity contribution in [2.45, 2.75) is 6.92 Å². The monoisotopic (exact) mass is 306 g/mol. The Labute approximate surface area is 93.6 Å². The molecule has 0 aliphatic heterocycles. The highest BCUT2D eigenvalue weighted by Crippen LogP contribution is 2.29. The summed E-state index contributed by atoms with van der Waals surface area (Å²) in [4.78, 5) is 21.0. The van der Waals surface area contributed by atoms with Crippen LogP contribution in [0.15, 0.2) is 12.1 Å². The number of Topliss-reactive ketones (excluding diaryl/α,β-unsaturated/α-hetero) is 1. The van der Waals surface area contributed by atoms with Gasteiger partial charge in [-0.2, -0.15) is 0 Å². The molecule has 0 saturated carbocycles. The molecule has 2 N–H and O–H groups in total. The van der Waals surface area contributed by atoms with Crippen LogP contribution >= 0.6 is 22.6 Å². The van der Waals surface area contributed by atoms with Crippen LogP contribution in [0.3, 0.4) is 0 Å². The fraction of sp³-hybridized carbons (Fsp3) is 0.125. The predicted molar refractivity (Wildman–Crippen MR) is 60.2 cm³/mol. The molecule has 0 radical (unpaired) electrons. The lowest BCUT2D eigenvalue weighted by atomic mass is 10.1. The van der Waals surface area contributed by atoms with E-state index in [-0.39, 0.29) is 17.2 Å². The lowest BCUT2D eigenvalue weighted by molar-refractivity contribution is -0.384. The second-order valence-electron chi connectivity index (χ2n) is 2.71. The Balaban J connectivity index is 3.39. The topological polar surface area (TPSA) is 86.2 Å². The summed E-state index contributed by atoms with van der Waals surface area (Å²) in [6.07, 6.45) is 0. The smallest absolute Gasteiger partial charge is 0.305 e. The molecule has 5 nitrogen and oxygen atoms in total. The van der Waals surface area contributed by atoms with E-state index in [1.165, 1.54) is 19.1 Å². The van der Waals surface area contributed by atoms with Crippen LogP contribution in [0.4, 0.5) is 11.4 Å². The minimum Gasteiger partial charge on any atom is -0.393 e. The molecule has 0 aliphatic rings. The van der Waals surface area contributed by atoms with Crippen LogP contribution in [0.25, 0.3) is 0 Å². The van der Waals surface area contributed by atoms with Crippen LogP contribution < -0.4 is 5.73 Å². The van der Waals surface area contributed by atoms with Crippen LogP contribution in [0.5, 0.6) is 0 Å². The summed E-state index contributed by atoms with van der Waals surface area (Å²) >= 11 is 1.79. The highest BCUT2D eigenvalue weighted by Gasteiger charge is 2.18. The first kappa shape index (κ1) is 10.9. The summed E-state index contributed by atoms with van der Waals surface area (Å²) in [5, 5.41) is 10.6. The maximum Gasteiger partial charge on any atom is 0.305 e. The number of nitrogen functional groups attached to an aromatic ring is 1. The highest BCUT2D eigenvalue weighted by atomic mass is 127. The number of hydrogen-bond donors (Lipinski definition) is 1. The quantitative estimate of drug-likeness (QED) is 0.298. The van der Waals surface area contributed by atoms with Crippen molar-refractivity contribution in [3.63, 3.8) is 0 Å². The Morgan fingerprint density at radius 3 is 2.50 bits per heavy atom. The van der Waals surface area contributed by atoms with Crippen molar-refractivity contribution in [1.29, 1.82) is 0 Å². The van der Waals surface area contributed by atoms with Crippen LogP contribution in [-0.2, 0) is 0 Å². The first-order chi connectivity index (χ1) is 6.43. The van der Waals surface area contributed by atoms with Crippen LogP contribution in [0, 0.1) is 13.7 Å². The molecule has 0 heterocycles. The molecule has 1 aromatic carbocycles. The predicted octanol–water partition coefficient (Wildman–Crippen LogP) is 1.98. The van der Waals surface area contributed by atoms with Gasteiger partial charge in [0.25, 0.3) is 0 Å². The molecule has 0 fully saturated rings. The molecule has 0 bridgehead atoms.